The van der Waals surface area contributed by atoms with E-state index in [0.717, 1.165) is 17.5 Å². The lowest BCUT2D eigenvalue weighted by Gasteiger charge is -2.31. The first kappa shape index (κ1) is 24.4. The third-order valence-corrected chi connectivity index (χ3v) is 5.86. The van der Waals surface area contributed by atoms with Gasteiger partial charge in [0, 0.05) is 13.1 Å². The number of nitrogens with zero attached hydrogens (tertiary/aromatic N) is 1. The molecule has 2 aromatic rings. The molecule has 1 aliphatic heterocycles. The molecule has 0 saturated carbocycles. The first-order valence-electron chi connectivity index (χ1n) is 11.4. The minimum Gasteiger partial charge on any atom is -0.344 e. The number of amides is 3. The summed E-state index contributed by atoms with van der Waals surface area (Å²) in [6, 6.07) is 15.0. The van der Waals surface area contributed by atoms with Crippen LogP contribution in [0.15, 0.2) is 54.6 Å². The number of carbonyl (C=O) groups excluding carboxylic acids is 3. The molecule has 0 spiro atoms. The SMILES string of the molecule is CC(C)C[C@H](NC(=O)N1CCc2ccccc2C1)C(=O)N[C@H](Cc1ccccc1)C(=O)CF. The van der Waals surface area contributed by atoms with Crippen LogP contribution < -0.4 is 10.6 Å². The molecule has 2 N–H and O–H groups in total. The average molecular weight is 454 g/mol. The molecule has 1 heterocycles. The summed E-state index contributed by atoms with van der Waals surface area (Å²) in [4.78, 5) is 40.0. The summed E-state index contributed by atoms with van der Waals surface area (Å²) in [6.07, 6.45) is 1.36. The van der Waals surface area contributed by atoms with Crippen molar-refractivity contribution in [2.45, 2.75) is 51.7 Å². The number of alkyl halides is 1. The third-order valence-electron chi connectivity index (χ3n) is 5.86. The molecule has 6 nitrogen and oxygen atoms in total. The minimum absolute atomic E-state index is 0.132. The average Bonchev–Trinajstić information content (AvgIpc) is 2.82. The predicted molar refractivity (Wildman–Crippen MR) is 125 cm³/mol. The van der Waals surface area contributed by atoms with Gasteiger partial charge in [0.2, 0.25) is 5.91 Å². The normalized spacial score (nSPS) is 14.8. The topological polar surface area (TPSA) is 78.5 Å². The molecule has 2 atom stereocenters. The fourth-order valence-corrected chi connectivity index (χ4v) is 4.07. The standard InChI is InChI=1S/C26H32FN3O3/c1-18(2)14-23(29-26(33)30-13-12-20-10-6-7-11-21(20)17-30)25(32)28-22(24(31)16-27)15-19-8-4-3-5-9-19/h3-11,18,22-23H,12-17H2,1-2H3,(H,28,32)(H,29,33)/t22-,23+/m1/s1. The largest absolute Gasteiger partial charge is 0.344 e. The van der Waals surface area contributed by atoms with E-state index in [9.17, 15) is 18.8 Å². The second kappa shape index (κ2) is 11.6. The van der Waals surface area contributed by atoms with E-state index in [2.05, 4.69) is 16.7 Å². The lowest BCUT2D eigenvalue weighted by atomic mass is 9.99. The molecule has 0 radical (unpaired) electrons. The van der Waals surface area contributed by atoms with E-state index in [1.165, 1.54) is 5.56 Å². The van der Waals surface area contributed by atoms with Crippen LogP contribution in [0.4, 0.5) is 9.18 Å². The molecule has 0 saturated heterocycles. The van der Waals surface area contributed by atoms with Gasteiger partial charge in [-0.1, -0.05) is 68.4 Å². The van der Waals surface area contributed by atoms with Gasteiger partial charge in [-0.05, 0) is 41.9 Å². The van der Waals surface area contributed by atoms with Gasteiger partial charge in [0.1, 0.15) is 12.7 Å². The Kier molecular flexibility index (Phi) is 8.58. The highest BCUT2D eigenvalue weighted by molar-refractivity contribution is 5.93. The van der Waals surface area contributed by atoms with Crippen molar-refractivity contribution >= 4 is 17.7 Å². The Balaban J connectivity index is 1.68. The van der Waals surface area contributed by atoms with Gasteiger partial charge in [-0.2, -0.15) is 0 Å². The second-order valence-corrected chi connectivity index (χ2v) is 8.92. The van der Waals surface area contributed by atoms with E-state index in [0.29, 0.717) is 19.5 Å². The first-order chi connectivity index (χ1) is 15.9. The minimum atomic E-state index is -1.16. The Labute approximate surface area is 194 Å². The fourth-order valence-electron chi connectivity index (χ4n) is 4.07. The Hall–Kier alpha value is -3.22. The van der Waals surface area contributed by atoms with E-state index < -0.39 is 30.4 Å². The zero-order chi connectivity index (χ0) is 23.8. The van der Waals surface area contributed by atoms with Crippen molar-refractivity contribution in [1.29, 1.82) is 0 Å². The van der Waals surface area contributed by atoms with E-state index in [1.807, 2.05) is 62.4 Å². The first-order valence-corrected chi connectivity index (χ1v) is 11.4. The molecule has 3 amide bonds. The third kappa shape index (κ3) is 6.88. The van der Waals surface area contributed by atoms with Gasteiger partial charge in [0.25, 0.3) is 0 Å². The lowest BCUT2D eigenvalue weighted by Crippen LogP contribution is -2.55. The molecule has 33 heavy (non-hydrogen) atoms. The highest BCUT2D eigenvalue weighted by Crippen LogP contribution is 2.19. The van der Waals surface area contributed by atoms with Crippen molar-refractivity contribution in [2.75, 3.05) is 13.2 Å². The van der Waals surface area contributed by atoms with Crippen molar-refractivity contribution in [3.05, 3.63) is 71.3 Å². The molecule has 176 valence electrons. The maximum Gasteiger partial charge on any atom is 0.318 e. The molecule has 0 fully saturated rings. The summed E-state index contributed by atoms with van der Waals surface area (Å²) in [7, 11) is 0. The van der Waals surface area contributed by atoms with Gasteiger partial charge in [0.15, 0.2) is 5.78 Å². The van der Waals surface area contributed by atoms with Crippen molar-refractivity contribution in [3.8, 4) is 0 Å². The van der Waals surface area contributed by atoms with Gasteiger partial charge in [-0.3, -0.25) is 9.59 Å². The second-order valence-electron chi connectivity index (χ2n) is 8.92. The zero-order valence-corrected chi connectivity index (χ0v) is 19.2. The lowest BCUT2D eigenvalue weighted by molar-refractivity contribution is -0.129. The van der Waals surface area contributed by atoms with Gasteiger partial charge in [0.05, 0.1) is 6.04 Å². The number of benzene rings is 2. The molecule has 1 aliphatic rings. The van der Waals surface area contributed by atoms with Crippen LogP contribution in [0, 0.1) is 5.92 Å². The molecular formula is C26H32FN3O3. The van der Waals surface area contributed by atoms with Crippen LogP contribution in [0.25, 0.3) is 0 Å². The van der Waals surface area contributed by atoms with Crippen LogP contribution in [0.3, 0.4) is 0 Å². The van der Waals surface area contributed by atoms with Crippen LogP contribution in [-0.2, 0) is 29.0 Å². The molecular weight excluding hydrogens is 421 g/mol. The van der Waals surface area contributed by atoms with Crippen LogP contribution in [0.1, 0.15) is 37.0 Å². The fraction of sp³-hybridized carbons (Fsp3) is 0.423. The highest BCUT2D eigenvalue weighted by Gasteiger charge is 2.29. The number of ketones is 1. The number of halogens is 1. The van der Waals surface area contributed by atoms with Crippen molar-refractivity contribution in [3.63, 3.8) is 0 Å². The van der Waals surface area contributed by atoms with E-state index in [1.54, 1.807) is 4.90 Å². The summed E-state index contributed by atoms with van der Waals surface area (Å²) in [5.41, 5.74) is 3.15. The van der Waals surface area contributed by atoms with Gasteiger partial charge in [-0.15, -0.1) is 0 Å². The van der Waals surface area contributed by atoms with Crippen LogP contribution in [0.5, 0.6) is 0 Å². The number of rotatable bonds is 9. The number of fused-ring (bicyclic) bond motifs is 1. The molecule has 3 rings (SSSR count). The Morgan fingerprint density at radius 1 is 0.939 bits per heavy atom. The summed E-state index contributed by atoms with van der Waals surface area (Å²) in [5, 5.41) is 5.53. The van der Waals surface area contributed by atoms with E-state index in [4.69, 9.17) is 0 Å². The summed E-state index contributed by atoms with van der Waals surface area (Å²) >= 11 is 0. The molecule has 0 aliphatic carbocycles. The smallest absolute Gasteiger partial charge is 0.318 e. The Morgan fingerprint density at radius 2 is 1.61 bits per heavy atom. The Morgan fingerprint density at radius 3 is 2.27 bits per heavy atom. The van der Waals surface area contributed by atoms with Gasteiger partial charge >= 0.3 is 6.03 Å². The quantitative estimate of drug-likeness (QED) is 0.611. The van der Waals surface area contributed by atoms with Crippen LogP contribution in [-0.4, -0.2) is 47.9 Å². The number of hydrogen-bond donors (Lipinski definition) is 2. The number of Topliss-reactive ketones (excluding diaryl/α,β-unsaturated/α-hetero) is 1. The number of urea groups is 1. The monoisotopic (exact) mass is 453 g/mol. The maximum absolute atomic E-state index is 13.2. The molecule has 0 bridgehead atoms. The van der Waals surface area contributed by atoms with E-state index >= 15 is 0 Å². The summed E-state index contributed by atoms with van der Waals surface area (Å²) in [5.74, 6) is -1.03. The summed E-state index contributed by atoms with van der Waals surface area (Å²) in [6.45, 7) is 3.80. The Bertz CT molecular complexity index is 964. The molecule has 2 aromatic carbocycles. The van der Waals surface area contributed by atoms with Crippen molar-refractivity contribution in [2.24, 2.45) is 5.92 Å². The number of carbonyl (C=O) groups is 3. The van der Waals surface area contributed by atoms with Crippen molar-refractivity contribution < 1.29 is 18.8 Å². The van der Waals surface area contributed by atoms with Gasteiger partial charge in [-0.25, -0.2) is 9.18 Å². The highest BCUT2D eigenvalue weighted by atomic mass is 19.1. The molecule has 0 unspecified atom stereocenters. The van der Waals surface area contributed by atoms with Gasteiger partial charge < -0.3 is 15.5 Å². The number of hydrogen-bond acceptors (Lipinski definition) is 3. The summed E-state index contributed by atoms with van der Waals surface area (Å²) < 4.78 is 13.2. The van der Waals surface area contributed by atoms with Crippen LogP contribution >= 0.6 is 0 Å². The molecule has 0 aromatic heterocycles. The van der Waals surface area contributed by atoms with E-state index in [-0.39, 0.29) is 18.4 Å². The van der Waals surface area contributed by atoms with Crippen molar-refractivity contribution in [1.82, 2.24) is 15.5 Å². The van der Waals surface area contributed by atoms with Crippen LogP contribution in [0.2, 0.25) is 0 Å². The predicted octanol–water partition coefficient (Wildman–Crippen LogP) is 3.44. The zero-order valence-electron chi connectivity index (χ0n) is 19.2. The molecule has 7 heteroatoms. The number of nitrogens with one attached hydrogen (secondary N) is 2. The maximum atomic E-state index is 13.2.